The van der Waals surface area contributed by atoms with Gasteiger partial charge in [0, 0.05) is 11.3 Å². The summed E-state index contributed by atoms with van der Waals surface area (Å²) in [5.41, 5.74) is 8.33. The van der Waals surface area contributed by atoms with Gasteiger partial charge >= 0.3 is 0 Å². The van der Waals surface area contributed by atoms with Crippen molar-refractivity contribution < 1.29 is 14.3 Å². The second kappa shape index (κ2) is 7.45. The minimum absolute atomic E-state index is 0.183. The van der Waals surface area contributed by atoms with Gasteiger partial charge in [-0.2, -0.15) is 0 Å². The van der Waals surface area contributed by atoms with Crippen LogP contribution in [0.5, 0.6) is 5.75 Å². The van der Waals surface area contributed by atoms with Gasteiger partial charge in [-0.15, -0.1) is 0 Å². The van der Waals surface area contributed by atoms with E-state index in [1.54, 1.807) is 24.3 Å². The van der Waals surface area contributed by atoms with Gasteiger partial charge in [-0.25, -0.2) is 0 Å². The predicted molar refractivity (Wildman–Crippen MR) is 89.6 cm³/mol. The Hall–Kier alpha value is -2.82. The predicted octanol–water partition coefficient (Wildman–Crippen LogP) is 2.81. The van der Waals surface area contributed by atoms with E-state index >= 15 is 0 Å². The number of primary amides is 1. The lowest BCUT2D eigenvalue weighted by atomic mass is 10.1. The van der Waals surface area contributed by atoms with Gasteiger partial charge in [0.1, 0.15) is 5.75 Å². The lowest BCUT2D eigenvalue weighted by Gasteiger charge is -2.11. The van der Waals surface area contributed by atoms with Gasteiger partial charge in [0.05, 0.1) is 13.0 Å². The van der Waals surface area contributed by atoms with E-state index in [2.05, 4.69) is 5.32 Å². The molecule has 5 nitrogen and oxygen atoms in total. The number of benzene rings is 2. The van der Waals surface area contributed by atoms with E-state index in [9.17, 15) is 9.59 Å². The number of hydrogen-bond donors (Lipinski definition) is 2. The van der Waals surface area contributed by atoms with Crippen molar-refractivity contribution in [3.63, 3.8) is 0 Å². The molecular weight excluding hydrogens is 292 g/mol. The zero-order chi connectivity index (χ0) is 16.8. The number of nitrogens with one attached hydrogen (secondary N) is 1. The third kappa shape index (κ3) is 4.57. The highest BCUT2D eigenvalue weighted by atomic mass is 16.5. The fourth-order valence-corrected chi connectivity index (χ4v) is 2.11. The van der Waals surface area contributed by atoms with Gasteiger partial charge < -0.3 is 15.8 Å². The molecule has 5 heteroatoms. The summed E-state index contributed by atoms with van der Waals surface area (Å²) < 4.78 is 5.65. The van der Waals surface area contributed by atoms with Crippen LogP contribution in [0.1, 0.15) is 27.9 Å². The van der Waals surface area contributed by atoms with Crippen LogP contribution in [-0.4, -0.2) is 18.4 Å². The Kier molecular flexibility index (Phi) is 5.36. The molecule has 0 bridgehead atoms. The van der Waals surface area contributed by atoms with Gasteiger partial charge in [-0.1, -0.05) is 18.2 Å². The Morgan fingerprint density at radius 3 is 2.61 bits per heavy atom. The average Bonchev–Trinajstić information content (AvgIpc) is 2.51. The fraction of sp³-hybridized carbons (Fsp3) is 0.222. The van der Waals surface area contributed by atoms with E-state index in [0.717, 1.165) is 16.9 Å². The standard InChI is InChI=1S/C18H20N2O3/c1-12-5-3-8-16(13(12)2)23-10-9-17(21)20-15-7-4-6-14(11-15)18(19)22/h3-8,11H,9-10H2,1-2H3,(H2,19,22)(H,20,21). The Morgan fingerprint density at radius 1 is 1.13 bits per heavy atom. The second-order valence-corrected chi connectivity index (χ2v) is 5.29. The molecule has 0 atom stereocenters. The van der Waals surface area contributed by atoms with Crippen LogP contribution < -0.4 is 15.8 Å². The molecule has 0 unspecified atom stereocenters. The quantitative estimate of drug-likeness (QED) is 0.860. The summed E-state index contributed by atoms with van der Waals surface area (Å²) in [4.78, 5) is 23.0. The highest BCUT2D eigenvalue weighted by Gasteiger charge is 2.07. The number of aryl methyl sites for hydroxylation is 1. The SMILES string of the molecule is Cc1cccc(OCCC(=O)Nc2cccc(C(N)=O)c2)c1C. The van der Waals surface area contributed by atoms with Gasteiger partial charge in [-0.3, -0.25) is 9.59 Å². The first kappa shape index (κ1) is 16.5. The number of rotatable bonds is 6. The van der Waals surface area contributed by atoms with E-state index in [-0.39, 0.29) is 18.9 Å². The van der Waals surface area contributed by atoms with Crippen LogP contribution in [-0.2, 0) is 4.79 Å². The summed E-state index contributed by atoms with van der Waals surface area (Å²) in [5.74, 6) is 0.0739. The van der Waals surface area contributed by atoms with Crippen LogP contribution in [0.25, 0.3) is 0 Å². The molecule has 0 spiro atoms. The van der Waals surface area contributed by atoms with Crippen LogP contribution in [0.4, 0.5) is 5.69 Å². The molecule has 2 rings (SSSR count). The minimum atomic E-state index is -0.528. The molecule has 0 saturated carbocycles. The van der Waals surface area contributed by atoms with Crippen molar-refractivity contribution in [2.24, 2.45) is 5.73 Å². The maximum absolute atomic E-state index is 11.9. The van der Waals surface area contributed by atoms with Crippen molar-refractivity contribution >= 4 is 17.5 Å². The summed E-state index contributed by atoms with van der Waals surface area (Å²) in [5, 5.41) is 2.72. The van der Waals surface area contributed by atoms with Crippen molar-refractivity contribution in [1.82, 2.24) is 0 Å². The first-order valence-electron chi connectivity index (χ1n) is 7.36. The number of anilines is 1. The molecule has 0 aliphatic heterocycles. The largest absolute Gasteiger partial charge is 0.493 e. The Bertz CT molecular complexity index is 726. The van der Waals surface area contributed by atoms with Crippen LogP contribution in [0.3, 0.4) is 0 Å². The van der Waals surface area contributed by atoms with Crippen molar-refractivity contribution in [3.05, 3.63) is 59.2 Å². The number of carbonyl (C=O) groups excluding carboxylic acids is 2. The number of nitrogens with two attached hydrogens (primary N) is 1. The van der Waals surface area contributed by atoms with Crippen LogP contribution in [0.2, 0.25) is 0 Å². The molecule has 0 fully saturated rings. The molecule has 2 amide bonds. The maximum Gasteiger partial charge on any atom is 0.248 e. The number of amides is 2. The molecule has 120 valence electrons. The lowest BCUT2D eigenvalue weighted by molar-refractivity contribution is -0.116. The first-order valence-corrected chi connectivity index (χ1v) is 7.36. The summed E-state index contributed by atoms with van der Waals surface area (Å²) in [6, 6.07) is 12.3. The summed E-state index contributed by atoms with van der Waals surface area (Å²) in [7, 11) is 0. The fourth-order valence-electron chi connectivity index (χ4n) is 2.11. The highest BCUT2D eigenvalue weighted by Crippen LogP contribution is 2.20. The summed E-state index contributed by atoms with van der Waals surface area (Å²) >= 11 is 0. The van der Waals surface area contributed by atoms with Gasteiger partial charge in [0.15, 0.2) is 0 Å². The zero-order valence-electron chi connectivity index (χ0n) is 13.3. The highest BCUT2D eigenvalue weighted by molar-refractivity contribution is 5.96. The molecule has 3 N–H and O–H groups in total. The normalized spacial score (nSPS) is 10.2. The van der Waals surface area contributed by atoms with Crippen molar-refractivity contribution in [3.8, 4) is 5.75 Å². The molecule has 0 radical (unpaired) electrons. The van der Waals surface area contributed by atoms with Crippen LogP contribution in [0.15, 0.2) is 42.5 Å². The molecule has 23 heavy (non-hydrogen) atoms. The average molecular weight is 312 g/mol. The smallest absolute Gasteiger partial charge is 0.248 e. The first-order chi connectivity index (χ1) is 11.0. The van der Waals surface area contributed by atoms with E-state index in [0.29, 0.717) is 11.3 Å². The van der Waals surface area contributed by atoms with E-state index in [4.69, 9.17) is 10.5 Å². The van der Waals surface area contributed by atoms with Crippen molar-refractivity contribution in [1.29, 1.82) is 0 Å². The van der Waals surface area contributed by atoms with E-state index in [1.807, 2.05) is 32.0 Å². The van der Waals surface area contributed by atoms with Crippen LogP contribution >= 0.6 is 0 Å². The summed E-state index contributed by atoms with van der Waals surface area (Å²) in [6.07, 6.45) is 0.216. The van der Waals surface area contributed by atoms with Crippen molar-refractivity contribution in [2.75, 3.05) is 11.9 Å². The molecule has 0 aromatic heterocycles. The van der Waals surface area contributed by atoms with E-state index < -0.39 is 5.91 Å². The topological polar surface area (TPSA) is 81.4 Å². The minimum Gasteiger partial charge on any atom is -0.493 e. The molecule has 2 aromatic carbocycles. The molecule has 0 saturated heterocycles. The lowest BCUT2D eigenvalue weighted by Crippen LogP contribution is -2.16. The number of ether oxygens (including phenoxy) is 1. The third-order valence-corrected chi connectivity index (χ3v) is 3.57. The molecule has 2 aromatic rings. The zero-order valence-corrected chi connectivity index (χ0v) is 13.3. The second-order valence-electron chi connectivity index (χ2n) is 5.29. The molecular formula is C18H20N2O3. The molecule has 0 aliphatic carbocycles. The molecule has 0 heterocycles. The maximum atomic E-state index is 11.9. The summed E-state index contributed by atoms with van der Waals surface area (Å²) in [6.45, 7) is 4.28. The Labute approximate surface area is 135 Å². The third-order valence-electron chi connectivity index (χ3n) is 3.57. The Morgan fingerprint density at radius 2 is 1.87 bits per heavy atom. The molecule has 0 aliphatic rings. The van der Waals surface area contributed by atoms with Crippen LogP contribution in [0, 0.1) is 13.8 Å². The van der Waals surface area contributed by atoms with Gasteiger partial charge in [0.2, 0.25) is 11.8 Å². The number of carbonyl (C=O) groups is 2. The Balaban J connectivity index is 1.87. The van der Waals surface area contributed by atoms with Gasteiger partial charge in [0.25, 0.3) is 0 Å². The van der Waals surface area contributed by atoms with E-state index in [1.165, 1.54) is 0 Å². The van der Waals surface area contributed by atoms with Crippen molar-refractivity contribution in [2.45, 2.75) is 20.3 Å². The monoisotopic (exact) mass is 312 g/mol. The number of hydrogen-bond acceptors (Lipinski definition) is 3. The van der Waals surface area contributed by atoms with Gasteiger partial charge in [-0.05, 0) is 49.2 Å².